The number of hydrogen-bond donors (Lipinski definition) is 1. The number of benzene rings is 1. The molecule has 1 fully saturated rings. The summed E-state index contributed by atoms with van der Waals surface area (Å²) in [6.07, 6.45) is 2.97. The maximum absolute atomic E-state index is 4.74. The van der Waals surface area contributed by atoms with Crippen molar-refractivity contribution in [3.63, 3.8) is 0 Å². The van der Waals surface area contributed by atoms with Crippen LogP contribution in [0, 0.1) is 6.92 Å². The van der Waals surface area contributed by atoms with Crippen LogP contribution in [0.25, 0.3) is 11.0 Å². The third kappa shape index (κ3) is 2.98. The molecular weight excluding hydrogens is 366 g/mol. The van der Waals surface area contributed by atoms with Gasteiger partial charge in [-0.3, -0.25) is 0 Å². The fourth-order valence-electron chi connectivity index (χ4n) is 3.29. The Morgan fingerprint density at radius 2 is 1.88 bits per heavy atom. The fourth-order valence-corrected chi connectivity index (χ4v) is 3.74. The van der Waals surface area contributed by atoms with Gasteiger partial charge in [0.2, 0.25) is 5.95 Å². The van der Waals surface area contributed by atoms with E-state index in [2.05, 4.69) is 60.8 Å². The number of aryl methyl sites for hydroxylation is 1. The first-order valence-corrected chi connectivity index (χ1v) is 9.07. The molecule has 5 nitrogen and oxygen atoms in total. The van der Waals surface area contributed by atoms with E-state index >= 15 is 0 Å². The van der Waals surface area contributed by atoms with Crippen LogP contribution in [0.15, 0.2) is 41.0 Å². The smallest absolute Gasteiger partial charge is 0.203 e. The third-order valence-corrected chi connectivity index (χ3v) is 4.92. The van der Waals surface area contributed by atoms with Crippen molar-refractivity contribution in [2.75, 3.05) is 36.0 Å². The molecule has 1 aromatic carbocycles. The molecule has 0 radical (unpaired) electrons. The number of aromatic nitrogens is 3. The minimum atomic E-state index is 0.941. The Balaban J connectivity index is 1.53. The summed E-state index contributed by atoms with van der Waals surface area (Å²) in [5, 5.41) is 0. The molecule has 3 heterocycles. The highest BCUT2D eigenvalue weighted by molar-refractivity contribution is 9.10. The Hall–Kier alpha value is -2.08. The summed E-state index contributed by atoms with van der Waals surface area (Å²) < 4.78 is 1.03. The van der Waals surface area contributed by atoms with Gasteiger partial charge in [-0.15, -0.1) is 0 Å². The fraction of sp³-hybridized carbons (Fsp3) is 0.333. The first-order valence-electron chi connectivity index (χ1n) is 8.27. The molecule has 0 spiro atoms. The molecule has 124 valence electrons. The molecule has 0 bridgehead atoms. The molecule has 0 saturated carbocycles. The van der Waals surface area contributed by atoms with Crippen LogP contribution in [0.5, 0.6) is 0 Å². The molecule has 2 aromatic heterocycles. The van der Waals surface area contributed by atoms with Crippen LogP contribution in [-0.4, -0.2) is 41.1 Å². The van der Waals surface area contributed by atoms with Crippen molar-refractivity contribution in [3.05, 3.63) is 46.6 Å². The van der Waals surface area contributed by atoms with E-state index < -0.39 is 0 Å². The van der Waals surface area contributed by atoms with Crippen LogP contribution in [-0.2, 0) is 0 Å². The Morgan fingerprint density at radius 3 is 2.71 bits per heavy atom. The highest BCUT2D eigenvalue weighted by Gasteiger charge is 2.19. The van der Waals surface area contributed by atoms with Gasteiger partial charge in [0.1, 0.15) is 5.82 Å². The van der Waals surface area contributed by atoms with Gasteiger partial charge in [-0.25, -0.2) is 9.97 Å². The number of hydrogen-bond acceptors (Lipinski definition) is 4. The van der Waals surface area contributed by atoms with Gasteiger partial charge in [-0.2, -0.15) is 0 Å². The summed E-state index contributed by atoms with van der Waals surface area (Å²) in [5.41, 5.74) is 3.33. The topological polar surface area (TPSA) is 48.1 Å². The Labute approximate surface area is 149 Å². The van der Waals surface area contributed by atoms with E-state index in [4.69, 9.17) is 4.98 Å². The normalized spacial score (nSPS) is 15.8. The van der Waals surface area contributed by atoms with Gasteiger partial charge in [-0.1, -0.05) is 12.1 Å². The predicted molar refractivity (Wildman–Crippen MR) is 102 cm³/mol. The van der Waals surface area contributed by atoms with Crippen LogP contribution < -0.4 is 9.80 Å². The molecule has 0 amide bonds. The third-order valence-electron chi connectivity index (χ3n) is 4.49. The number of nitrogens with zero attached hydrogens (tertiary/aromatic N) is 4. The number of halogens is 1. The van der Waals surface area contributed by atoms with Gasteiger partial charge < -0.3 is 14.8 Å². The van der Waals surface area contributed by atoms with E-state index in [1.54, 1.807) is 0 Å². The monoisotopic (exact) mass is 385 g/mol. The summed E-state index contributed by atoms with van der Waals surface area (Å²) in [6.45, 7) is 6.04. The standard InChI is InChI=1S/C18H20BrN5/c1-13-11-14(19)12-20-17(13)23-7-4-8-24(10-9-23)18-21-15-5-2-3-6-16(15)22-18/h2-3,5-6,11-12H,4,7-10H2,1H3,(H,21,22). The van der Waals surface area contributed by atoms with Gasteiger partial charge in [0.15, 0.2) is 0 Å². The molecule has 0 atom stereocenters. The number of pyridine rings is 1. The maximum Gasteiger partial charge on any atom is 0.203 e. The maximum atomic E-state index is 4.74. The van der Waals surface area contributed by atoms with E-state index in [0.717, 1.165) is 59.9 Å². The van der Waals surface area contributed by atoms with E-state index in [9.17, 15) is 0 Å². The summed E-state index contributed by atoms with van der Waals surface area (Å²) in [5.74, 6) is 2.06. The largest absolute Gasteiger partial charge is 0.355 e. The average Bonchev–Trinajstić information content (AvgIpc) is 2.85. The first-order chi connectivity index (χ1) is 11.7. The highest BCUT2D eigenvalue weighted by atomic mass is 79.9. The number of para-hydroxylation sites is 2. The zero-order valence-electron chi connectivity index (χ0n) is 13.7. The molecule has 4 rings (SSSR count). The number of fused-ring (bicyclic) bond motifs is 1. The quantitative estimate of drug-likeness (QED) is 0.729. The minimum absolute atomic E-state index is 0.941. The lowest BCUT2D eigenvalue weighted by Crippen LogP contribution is -2.32. The van der Waals surface area contributed by atoms with E-state index in [0.29, 0.717) is 0 Å². The number of rotatable bonds is 2. The Kier molecular flexibility index (Phi) is 4.14. The van der Waals surface area contributed by atoms with Crippen molar-refractivity contribution in [2.45, 2.75) is 13.3 Å². The van der Waals surface area contributed by atoms with E-state index in [1.165, 1.54) is 5.56 Å². The molecule has 0 unspecified atom stereocenters. The molecule has 1 aliphatic rings. The molecule has 1 saturated heterocycles. The van der Waals surface area contributed by atoms with Crippen LogP contribution in [0.2, 0.25) is 0 Å². The summed E-state index contributed by atoms with van der Waals surface area (Å²) in [6, 6.07) is 10.3. The van der Waals surface area contributed by atoms with Crippen molar-refractivity contribution in [3.8, 4) is 0 Å². The first kappa shape index (κ1) is 15.4. The van der Waals surface area contributed by atoms with Gasteiger partial charge in [-0.05, 0) is 53.0 Å². The molecule has 3 aromatic rings. The predicted octanol–water partition coefficient (Wildman–Crippen LogP) is 3.75. The molecule has 6 heteroatoms. The van der Waals surface area contributed by atoms with Crippen molar-refractivity contribution < 1.29 is 0 Å². The van der Waals surface area contributed by atoms with E-state index in [-0.39, 0.29) is 0 Å². The number of anilines is 2. The number of imidazole rings is 1. The molecule has 0 aliphatic carbocycles. The summed E-state index contributed by atoms with van der Waals surface area (Å²) >= 11 is 3.49. The van der Waals surface area contributed by atoms with Crippen LogP contribution >= 0.6 is 15.9 Å². The lowest BCUT2D eigenvalue weighted by atomic mass is 10.2. The second-order valence-corrected chi connectivity index (χ2v) is 7.11. The summed E-state index contributed by atoms with van der Waals surface area (Å²) in [7, 11) is 0. The van der Waals surface area contributed by atoms with Gasteiger partial charge in [0.25, 0.3) is 0 Å². The Bertz CT molecular complexity index is 826. The SMILES string of the molecule is Cc1cc(Br)cnc1N1CCCN(c2nc3ccccc3[nH]2)CC1. The van der Waals surface area contributed by atoms with Crippen LogP contribution in [0.4, 0.5) is 11.8 Å². The number of H-pyrrole nitrogens is 1. The van der Waals surface area contributed by atoms with Crippen LogP contribution in [0.3, 0.4) is 0 Å². The average molecular weight is 386 g/mol. The number of nitrogens with one attached hydrogen (secondary N) is 1. The van der Waals surface area contributed by atoms with Gasteiger partial charge in [0, 0.05) is 36.8 Å². The minimum Gasteiger partial charge on any atom is -0.355 e. The second kappa shape index (κ2) is 6.43. The lowest BCUT2D eigenvalue weighted by Gasteiger charge is -2.24. The highest BCUT2D eigenvalue weighted by Crippen LogP contribution is 2.23. The van der Waals surface area contributed by atoms with E-state index in [1.807, 2.05) is 18.3 Å². The van der Waals surface area contributed by atoms with Crippen molar-refractivity contribution in [2.24, 2.45) is 0 Å². The number of aromatic amines is 1. The molecule has 24 heavy (non-hydrogen) atoms. The van der Waals surface area contributed by atoms with Crippen molar-refractivity contribution >= 4 is 38.7 Å². The van der Waals surface area contributed by atoms with Gasteiger partial charge in [0.05, 0.1) is 11.0 Å². The van der Waals surface area contributed by atoms with Crippen molar-refractivity contribution in [1.29, 1.82) is 0 Å². The molecular formula is C18H20BrN5. The molecule has 1 N–H and O–H groups in total. The lowest BCUT2D eigenvalue weighted by molar-refractivity contribution is 0.788. The zero-order valence-corrected chi connectivity index (χ0v) is 15.3. The van der Waals surface area contributed by atoms with Crippen molar-refractivity contribution in [1.82, 2.24) is 15.0 Å². The summed E-state index contributed by atoms with van der Waals surface area (Å²) in [4.78, 5) is 17.5. The van der Waals surface area contributed by atoms with Crippen LogP contribution in [0.1, 0.15) is 12.0 Å². The Morgan fingerprint density at radius 1 is 1.08 bits per heavy atom. The van der Waals surface area contributed by atoms with Gasteiger partial charge >= 0.3 is 0 Å². The zero-order chi connectivity index (χ0) is 16.5. The second-order valence-electron chi connectivity index (χ2n) is 6.20. The molecule has 1 aliphatic heterocycles.